The Bertz CT molecular complexity index is 651. The van der Waals surface area contributed by atoms with Crippen molar-refractivity contribution in [2.75, 3.05) is 20.6 Å². The van der Waals surface area contributed by atoms with Gasteiger partial charge in [0.2, 0.25) is 21.8 Å². The standard InChI is InChI=1S/C14H19N3O4S/c1-15-13(18)9-10-17-14(19)8-5-11-3-6-12(7-4-11)22(20,21)16-2/h3-8,16H,9-10H2,1-2H3,(H,15,18)(H,17,19). The van der Waals surface area contributed by atoms with Crippen LogP contribution in [0.5, 0.6) is 0 Å². The van der Waals surface area contributed by atoms with Crippen molar-refractivity contribution in [2.45, 2.75) is 11.3 Å². The summed E-state index contributed by atoms with van der Waals surface area (Å²) in [6.45, 7) is 0.252. The minimum Gasteiger partial charge on any atom is -0.359 e. The summed E-state index contributed by atoms with van der Waals surface area (Å²) in [6, 6.07) is 6.10. The summed E-state index contributed by atoms with van der Waals surface area (Å²) >= 11 is 0. The van der Waals surface area contributed by atoms with Crippen molar-refractivity contribution in [3.63, 3.8) is 0 Å². The van der Waals surface area contributed by atoms with E-state index >= 15 is 0 Å². The molecule has 0 aliphatic heterocycles. The molecular formula is C14H19N3O4S. The summed E-state index contributed by atoms with van der Waals surface area (Å²) in [6.07, 6.45) is 3.10. The third kappa shape index (κ3) is 5.66. The van der Waals surface area contributed by atoms with Crippen molar-refractivity contribution < 1.29 is 18.0 Å². The Hall–Kier alpha value is -2.19. The van der Waals surface area contributed by atoms with Crippen LogP contribution in [0.15, 0.2) is 35.2 Å². The first-order valence-corrected chi connectivity index (χ1v) is 8.07. The van der Waals surface area contributed by atoms with Gasteiger partial charge in [0.05, 0.1) is 4.90 Å². The van der Waals surface area contributed by atoms with Crippen LogP contribution < -0.4 is 15.4 Å². The Morgan fingerprint density at radius 2 is 1.77 bits per heavy atom. The number of sulfonamides is 1. The maximum Gasteiger partial charge on any atom is 0.244 e. The Morgan fingerprint density at radius 1 is 1.14 bits per heavy atom. The molecule has 1 aromatic rings. The van der Waals surface area contributed by atoms with E-state index in [1.54, 1.807) is 18.2 Å². The number of hydrogen-bond donors (Lipinski definition) is 3. The second-order valence-corrected chi connectivity index (χ2v) is 6.21. The number of amides is 2. The minimum atomic E-state index is -3.46. The Balaban J connectivity index is 2.56. The highest BCUT2D eigenvalue weighted by molar-refractivity contribution is 7.89. The maximum atomic E-state index is 11.6. The lowest BCUT2D eigenvalue weighted by molar-refractivity contribution is -0.120. The van der Waals surface area contributed by atoms with Gasteiger partial charge in [-0.1, -0.05) is 12.1 Å². The summed E-state index contributed by atoms with van der Waals surface area (Å²) < 4.78 is 25.3. The predicted molar refractivity (Wildman–Crippen MR) is 83.4 cm³/mol. The highest BCUT2D eigenvalue weighted by Gasteiger charge is 2.09. The molecule has 0 bridgehead atoms. The smallest absolute Gasteiger partial charge is 0.244 e. The fraction of sp³-hybridized carbons (Fsp3) is 0.286. The molecule has 0 atom stereocenters. The highest BCUT2D eigenvalue weighted by atomic mass is 32.2. The molecule has 0 saturated heterocycles. The quantitative estimate of drug-likeness (QED) is 0.607. The van der Waals surface area contributed by atoms with Crippen LogP contribution in [0.3, 0.4) is 0 Å². The van der Waals surface area contributed by atoms with Gasteiger partial charge in [-0.2, -0.15) is 0 Å². The van der Waals surface area contributed by atoms with E-state index in [-0.39, 0.29) is 29.7 Å². The van der Waals surface area contributed by atoms with Gasteiger partial charge < -0.3 is 10.6 Å². The first-order valence-electron chi connectivity index (χ1n) is 6.59. The van der Waals surface area contributed by atoms with E-state index < -0.39 is 10.0 Å². The van der Waals surface area contributed by atoms with E-state index in [0.29, 0.717) is 5.56 Å². The summed E-state index contributed by atoms with van der Waals surface area (Å²) in [7, 11) is -0.591. The van der Waals surface area contributed by atoms with Crippen LogP contribution >= 0.6 is 0 Å². The first kappa shape index (κ1) is 17.9. The molecule has 3 N–H and O–H groups in total. The molecule has 0 heterocycles. The van der Waals surface area contributed by atoms with Crippen molar-refractivity contribution in [1.82, 2.24) is 15.4 Å². The van der Waals surface area contributed by atoms with E-state index in [2.05, 4.69) is 15.4 Å². The first-order chi connectivity index (χ1) is 10.4. The lowest BCUT2D eigenvalue weighted by Gasteiger charge is -2.03. The van der Waals surface area contributed by atoms with Crippen molar-refractivity contribution in [3.8, 4) is 0 Å². The topological polar surface area (TPSA) is 104 Å². The summed E-state index contributed by atoms with van der Waals surface area (Å²) in [4.78, 5) is 22.7. The van der Waals surface area contributed by atoms with Gasteiger partial charge in [0.15, 0.2) is 0 Å². The zero-order valence-electron chi connectivity index (χ0n) is 12.4. The number of carbonyl (C=O) groups is 2. The van der Waals surface area contributed by atoms with Gasteiger partial charge in [0.1, 0.15) is 0 Å². The zero-order valence-corrected chi connectivity index (χ0v) is 13.2. The molecule has 2 amide bonds. The van der Waals surface area contributed by atoms with E-state index in [1.807, 2.05) is 0 Å². The van der Waals surface area contributed by atoms with Gasteiger partial charge in [-0.3, -0.25) is 9.59 Å². The molecular weight excluding hydrogens is 306 g/mol. The Labute approximate surface area is 129 Å². The fourth-order valence-electron chi connectivity index (χ4n) is 1.53. The largest absolute Gasteiger partial charge is 0.359 e. The van der Waals surface area contributed by atoms with Gasteiger partial charge >= 0.3 is 0 Å². The van der Waals surface area contributed by atoms with Crippen LogP contribution in [0.2, 0.25) is 0 Å². The van der Waals surface area contributed by atoms with Crippen molar-refractivity contribution in [2.24, 2.45) is 0 Å². The number of benzene rings is 1. The van der Waals surface area contributed by atoms with E-state index in [1.165, 1.54) is 32.3 Å². The average molecular weight is 325 g/mol. The second kappa shape index (κ2) is 8.30. The van der Waals surface area contributed by atoms with Gasteiger partial charge in [-0.15, -0.1) is 0 Å². The van der Waals surface area contributed by atoms with Gasteiger partial charge in [0, 0.05) is 26.1 Å². The lowest BCUT2D eigenvalue weighted by atomic mass is 10.2. The second-order valence-electron chi connectivity index (χ2n) is 4.32. The van der Waals surface area contributed by atoms with Crippen LogP contribution in [0.1, 0.15) is 12.0 Å². The van der Waals surface area contributed by atoms with E-state index in [9.17, 15) is 18.0 Å². The van der Waals surface area contributed by atoms with Crippen LogP contribution in [0, 0.1) is 0 Å². The normalized spacial score (nSPS) is 11.4. The molecule has 0 aromatic heterocycles. The Morgan fingerprint density at radius 3 is 2.32 bits per heavy atom. The molecule has 0 fully saturated rings. The Kier molecular flexibility index (Phi) is 6.74. The number of nitrogens with one attached hydrogen (secondary N) is 3. The predicted octanol–water partition coefficient (Wildman–Crippen LogP) is -0.140. The summed E-state index contributed by atoms with van der Waals surface area (Å²) in [5.41, 5.74) is 0.691. The van der Waals surface area contributed by atoms with Gasteiger partial charge in [0.25, 0.3) is 0 Å². The summed E-state index contributed by atoms with van der Waals surface area (Å²) in [5, 5.41) is 5.03. The molecule has 120 valence electrons. The fourth-order valence-corrected chi connectivity index (χ4v) is 2.26. The van der Waals surface area contributed by atoms with Crippen molar-refractivity contribution in [3.05, 3.63) is 35.9 Å². The highest BCUT2D eigenvalue weighted by Crippen LogP contribution is 2.11. The number of rotatable bonds is 7. The molecule has 1 rings (SSSR count). The zero-order chi connectivity index (χ0) is 16.6. The molecule has 1 aromatic carbocycles. The third-order valence-corrected chi connectivity index (χ3v) is 4.25. The van der Waals surface area contributed by atoms with Crippen molar-refractivity contribution >= 4 is 27.9 Å². The molecule has 0 aliphatic rings. The molecule has 0 unspecified atom stereocenters. The van der Waals surface area contributed by atoms with E-state index in [0.717, 1.165) is 0 Å². The average Bonchev–Trinajstić information content (AvgIpc) is 2.53. The maximum absolute atomic E-state index is 11.6. The monoisotopic (exact) mass is 325 g/mol. The molecule has 0 spiro atoms. The molecule has 22 heavy (non-hydrogen) atoms. The van der Waals surface area contributed by atoms with Crippen LogP contribution in [0.25, 0.3) is 6.08 Å². The third-order valence-electron chi connectivity index (χ3n) is 2.82. The van der Waals surface area contributed by atoms with Crippen LogP contribution in [0.4, 0.5) is 0 Å². The molecule has 0 radical (unpaired) electrons. The van der Waals surface area contributed by atoms with Crippen molar-refractivity contribution in [1.29, 1.82) is 0 Å². The minimum absolute atomic E-state index is 0.148. The molecule has 0 saturated carbocycles. The SMILES string of the molecule is CNC(=O)CCNC(=O)C=Cc1ccc(S(=O)(=O)NC)cc1. The summed E-state index contributed by atoms with van der Waals surface area (Å²) in [5.74, 6) is -0.471. The molecule has 7 nitrogen and oxygen atoms in total. The van der Waals surface area contributed by atoms with Crippen LogP contribution in [-0.2, 0) is 19.6 Å². The van der Waals surface area contributed by atoms with Crippen LogP contribution in [-0.4, -0.2) is 40.9 Å². The van der Waals surface area contributed by atoms with E-state index in [4.69, 9.17) is 0 Å². The van der Waals surface area contributed by atoms with Gasteiger partial charge in [-0.25, -0.2) is 13.1 Å². The lowest BCUT2D eigenvalue weighted by Crippen LogP contribution is -2.27. The van der Waals surface area contributed by atoms with Gasteiger partial charge in [-0.05, 0) is 30.8 Å². The number of hydrogen-bond acceptors (Lipinski definition) is 4. The molecule has 0 aliphatic carbocycles. The number of carbonyl (C=O) groups excluding carboxylic acids is 2. The molecule has 8 heteroatoms.